The highest BCUT2D eigenvalue weighted by atomic mass is 16.5. The molecule has 0 aromatic heterocycles. The first kappa shape index (κ1) is 20.6. The van der Waals surface area contributed by atoms with Crippen LogP contribution in [0.2, 0.25) is 0 Å². The molecule has 0 unspecified atom stereocenters. The zero-order valence-electron chi connectivity index (χ0n) is 16.5. The molecule has 2 fully saturated rings. The zero-order valence-corrected chi connectivity index (χ0v) is 16.5. The lowest BCUT2D eigenvalue weighted by atomic mass is 9.85. The molecule has 28 heavy (non-hydrogen) atoms. The van der Waals surface area contributed by atoms with E-state index in [1.807, 2.05) is 12.2 Å². The quantitative estimate of drug-likeness (QED) is 0.324. The predicted molar refractivity (Wildman–Crippen MR) is 102 cm³/mol. The fraction of sp³-hybridized carbons (Fsp3) is 0.714. The molecule has 7 nitrogen and oxygen atoms in total. The van der Waals surface area contributed by atoms with Gasteiger partial charge in [-0.25, -0.2) is 0 Å². The highest BCUT2D eigenvalue weighted by Gasteiger charge is 2.47. The summed E-state index contributed by atoms with van der Waals surface area (Å²) in [4.78, 5) is 50.4. The first-order valence-electron chi connectivity index (χ1n) is 10.5. The number of nitrogens with one attached hydrogen (secondary N) is 1. The third-order valence-corrected chi connectivity index (χ3v) is 6.02. The Morgan fingerprint density at radius 1 is 1.07 bits per heavy atom. The van der Waals surface area contributed by atoms with Crippen molar-refractivity contribution in [2.45, 2.75) is 76.9 Å². The average molecular weight is 390 g/mol. The van der Waals surface area contributed by atoms with Crippen LogP contribution in [-0.4, -0.2) is 47.3 Å². The third kappa shape index (κ3) is 4.80. The Morgan fingerprint density at radius 2 is 1.64 bits per heavy atom. The number of ether oxygens (including phenoxy) is 1. The minimum atomic E-state index is -0.882. The molecule has 1 aliphatic heterocycles. The number of fused-ring (bicyclic) bond motifs is 1. The number of nitrogens with zero attached hydrogens (tertiary/aromatic N) is 1. The van der Waals surface area contributed by atoms with E-state index in [1.165, 1.54) is 17.7 Å². The van der Waals surface area contributed by atoms with E-state index in [4.69, 9.17) is 4.74 Å². The number of amides is 3. The van der Waals surface area contributed by atoms with Gasteiger partial charge in [0.05, 0.1) is 18.3 Å². The van der Waals surface area contributed by atoms with Gasteiger partial charge in [0.15, 0.2) is 6.10 Å². The first-order chi connectivity index (χ1) is 13.5. The Kier molecular flexibility index (Phi) is 6.86. The van der Waals surface area contributed by atoms with Crippen molar-refractivity contribution in [1.29, 1.82) is 0 Å². The van der Waals surface area contributed by atoms with Gasteiger partial charge in [0.1, 0.15) is 0 Å². The lowest BCUT2D eigenvalue weighted by Crippen LogP contribution is -2.42. The van der Waals surface area contributed by atoms with Crippen molar-refractivity contribution in [1.82, 2.24) is 10.2 Å². The van der Waals surface area contributed by atoms with Crippen molar-refractivity contribution < 1.29 is 23.9 Å². The van der Waals surface area contributed by atoms with Gasteiger partial charge in [-0.15, -0.1) is 0 Å². The standard InChI is InChI=1S/C21H30N2O5/c1-14(19(25)22-15-8-4-2-3-5-9-15)28-18(24)12-13-23-20(26)16-10-6-7-11-17(16)21(23)27/h6-7,14-17H,2-5,8-13H2,1H3,(H,22,25)/t14-,16-,17+/m0/s1. The maximum atomic E-state index is 12.4. The molecule has 0 bridgehead atoms. The van der Waals surface area contributed by atoms with Crippen molar-refractivity contribution in [2.24, 2.45) is 11.8 Å². The summed E-state index contributed by atoms with van der Waals surface area (Å²) >= 11 is 0. The van der Waals surface area contributed by atoms with E-state index in [2.05, 4.69) is 5.32 Å². The van der Waals surface area contributed by atoms with E-state index in [0.29, 0.717) is 12.8 Å². The number of carbonyl (C=O) groups is 4. The normalized spacial score (nSPS) is 26.5. The summed E-state index contributed by atoms with van der Waals surface area (Å²) in [6.07, 6.45) is 10.6. The van der Waals surface area contributed by atoms with Gasteiger partial charge in [0.2, 0.25) is 11.8 Å². The van der Waals surface area contributed by atoms with Crippen LogP contribution in [0.5, 0.6) is 0 Å². The molecule has 0 radical (unpaired) electrons. The first-order valence-corrected chi connectivity index (χ1v) is 10.5. The van der Waals surface area contributed by atoms with Gasteiger partial charge in [0, 0.05) is 12.6 Å². The van der Waals surface area contributed by atoms with Crippen LogP contribution in [0, 0.1) is 11.8 Å². The molecule has 3 rings (SSSR count). The summed E-state index contributed by atoms with van der Waals surface area (Å²) in [6.45, 7) is 1.57. The van der Waals surface area contributed by atoms with E-state index in [-0.39, 0.29) is 48.6 Å². The molecular formula is C21H30N2O5. The molecule has 0 aromatic carbocycles. The molecule has 1 heterocycles. The Bertz CT molecular complexity index is 625. The van der Waals surface area contributed by atoms with Crippen LogP contribution in [-0.2, 0) is 23.9 Å². The summed E-state index contributed by atoms with van der Waals surface area (Å²) in [5.74, 6) is -1.85. The van der Waals surface area contributed by atoms with Gasteiger partial charge in [-0.2, -0.15) is 0 Å². The zero-order chi connectivity index (χ0) is 20.1. The fourth-order valence-corrected chi connectivity index (χ4v) is 4.34. The third-order valence-electron chi connectivity index (χ3n) is 6.02. The van der Waals surface area contributed by atoms with Crippen LogP contribution in [0.1, 0.15) is 64.7 Å². The highest BCUT2D eigenvalue weighted by molar-refractivity contribution is 6.05. The van der Waals surface area contributed by atoms with Crippen molar-refractivity contribution in [2.75, 3.05) is 6.54 Å². The molecule has 7 heteroatoms. The maximum absolute atomic E-state index is 12.4. The Labute approximate surface area is 165 Å². The number of imide groups is 1. The molecule has 1 N–H and O–H groups in total. The summed E-state index contributed by atoms with van der Waals surface area (Å²) in [7, 11) is 0. The van der Waals surface area contributed by atoms with Crippen molar-refractivity contribution in [3.05, 3.63) is 12.2 Å². The van der Waals surface area contributed by atoms with Crippen LogP contribution >= 0.6 is 0 Å². The second kappa shape index (κ2) is 9.34. The van der Waals surface area contributed by atoms with Crippen LogP contribution in [0.25, 0.3) is 0 Å². The number of likely N-dealkylation sites (tertiary alicyclic amines) is 1. The van der Waals surface area contributed by atoms with Gasteiger partial charge in [-0.3, -0.25) is 24.1 Å². The minimum absolute atomic E-state index is 0.0143. The molecule has 1 saturated carbocycles. The lowest BCUT2D eigenvalue weighted by Gasteiger charge is -2.20. The molecule has 1 saturated heterocycles. The highest BCUT2D eigenvalue weighted by Crippen LogP contribution is 2.35. The Hall–Kier alpha value is -2.18. The van der Waals surface area contributed by atoms with Crippen molar-refractivity contribution in [3.63, 3.8) is 0 Å². The summed E-state index contributed by atoms with van der Waals surface area (Å²) in [6, 6.07) is 0.146. The SMILES string of the molecule is C[C@H](OC(=O)CCN1C(=O)[C@H]2CC=CC[C@H]2C1=O)C(=O)NC1CCCCCC1. The predicted octanol–water partition coefficient (Wildman–Crippen LogP) is 2.10. The second-order valence-electron chi connectivity index (χ2n) is 8.06. The van der Waals surface area contributed by atoms with E-state index >= 15 is 0 Å². The van der Waals surface area contributed by atoms with E-state index in [9.17, 15) is 19.2 Å². The largest absolute Gasteiger partial charge is 0.452 e. The van der Waals surface area contributed by atoms with Gasteiger partial charge >= 0.3 is 5.97 Å². The smallest absolute Gasteiger partial charge is 0.308 e. The number of rotatable bonds is 6. The van der Waals surface area contributed by atoms with Crippen LogP contribution in [0.3, 0.4) is 0 Å². The van der Waals surface area contributed by atoms with Gasteiger partial charge in [-0.05, 0) is 32.6 Å². The van der Waals surface area contributed by atoms with Gasteiger partial charge in [0.25, 0.3) is 5.91 Å². The fourth-order valence-electron chi connectivity index (χ4n) is 4.34. The van der Waals surface area contributed by atoms with Crippen LogP contribution < -0.4 is 5.32 Å². The summed E-state index contributed by atoms with van der Waals surface area (Å²) in [5, 5.41) is 2.97. The topological polar surface area (TPSA) is 92.8 Å². The van der Waals surface area contributed by atoms with Gasteiger partial charge < -0.3 is 10.1 Å². The molecule has 3 aliphatic rings. The number of hydrogen-bond donors (Lipinski definition) is 1. The van der Waals surface area contributed by atoms with Crippen LogP contribution in [0.4, 0.5) is 0 Å². The Balaban J connectivity index is 1.43. The van der Waals surface area contributed by atoms with E-state index < -0.39 is 12.1 Å². The molecule has 2 aliphatic carbocycles. The number of carbonyl (C=O) groups excluding carboxylic acids is 4. The molecular weight excluding hydrogens is 360 g/mol. The van der Waals surface area contributed by atoms with E-state index in [0.717, 1.165) is 25.7 Å². The molecule has 3 atom stereocenters. The van der Waals surface area contributed by atoms with Crippen LogP contribution in [0.15, 0.2) is 12.2 Å². The number of allylic oxidation sites excluding steroid dienone is 2. The van der Waals surface area contributed by atoms with Crippen molar-refractivity contribution >= 4 is 23.7 Å². The molecule has 154 valence electrons. The summed E-state index contributed by atoms with van der Waals surface area (Å²) in [5.41, 5.74) is 0. The number of esters is 1. The van der Waals surface area contributed by atoms with E-state index in [1.54, 1.807) is 6.92 Å². The lowest BCUT2D eigenvalue weighted by molar-refractivity contribution is -0.156. The Morgan fingerprint density at radius 3 is 2.21 bits per heavy atom. The second-order valence-corrected chi connectivity index (χ2v) is 8.06. The average Bonchev–Trinajstić information content (AvgIpc) is 2.85. The monoisotopic (exact) mass is 390 g/mol. The number of hydrogen-bond acceptors (Lipinski definition) is 5. The summed E-state index contributed by atoms with van der Waals surface area (Å²) < 4.78 is 5.22. The minimum Gasteiger partial charge on any atom is -0.452 e. The van der Waals surface area contributed by atoms with Gasteiger partial charge in [-0.1, -0.05) is 37.8 Å². The molecule has 0 spiro atoms. The maximum Gasteiger partial charge on any atom is 0.308 e. The molecule has 0 aromatic rings. The van der Waals surface area contributed by atoms with Crippen molar-refractivity contribution in [3.8, 4) is 0 Å². The molecule has 3 amide bonds.